The molecule has 0 aromatic heterocycles. The number of methoxy groups -OCH3 is 2. The highest BCUT2D eigenvalue weighted by molar-refractivity contribution is 8.15. The van der Waals surface area contributed by atoms with Crippen LogP contribution in [0.5, 0.6) is 11.5 Å². The summed E-state index contributed by atoms with van der Waals surface area (Å²) < 4.78 is 38.6. The second-order valence-corrected chi connectivity index (χ2v) is 8.51. The van der Waals surface area contributed by atoms with E-state index in [1.165, 1.54) is 20.3 Å². The van der Waals surface area contributed by atoms with Crippen molar-refractivity contribution in [2.75, 3.05) is 30.6 Å². The van der Waals surface area contributed by atoms with Crippen molar-refractivity contribution in [2.45, 2.75) is 4.90 Å². The molecule has 1 amide bonds. The summed E-state index contributed by atoms with van der Waals surface area (Å²) in [5, 5.41) is 6.00. The Morgan fingerprint density at radius 1 is 1.21 bits per heavy atom. The molecular weight excluding hydrogens is 426 g/mol. The van der Waals surface area contributed by atoms with Gasteiger partial charge in [-0.3, -0.25) is 4.79 Å². The van der Waals surface area contributed by atoms with E-state index in [0.717, 1.165) is 11.8 Å². The first kappa shape index (κ1) is 20.3. The lowest BCUT2D eigenvalue weighted by molar-refractivity contribution is -0.113. The summed E-state index contributed by atoms with van der Waals surface area (Å²) in [6.07, 6.45) is 0. The maximum Gasteiger partial charge on any atom is 0.286 e. The molecule has 8 nitrogen and oxygen atoms in total. The maximum atomic E-state index is 12.3. The Hall–Kier alpha value is -2.43. The van der Waals surface area contributed by atoms with Crippen LogP contribution < -0.4 is 20.1 Å². The molecule has 1 aliphatic heterocycles. The molecule has 0 unspecified atom stereocenters. The maximum absolute atomic E-state index is 12.3. The Morgan fingerprint density at radius 2 is 2.00 bits per heavy atom. The zero-order valence-electron chi connectivity index (χ0n) is 14.9. The lowest BCUT2D eigenvalue weighted by Crippen LogP contribution is -2.22. The standard InChI is InChI=1S/C17H16ClN3O5S2/c1-25-11-4-6-12(14(8-11)26-2)19-16(22)9-27-17-20-13-5-3-10(18)7-15(13)28(23,24)21-17/h3-8H,9H2,1-2H3,(H,19,22)(H,20,21). The van der Waals surface area contributed by atoms with Crippen LogP contribution in [-0.4, -0.2) is 39.5 Å². The van der Waals surface area contributed by atoms with Crippen LogP contribution in [0.15, 0.2) is 45.7 Å². The Labute approximate surface area is 171 Å². The van der Waals surface area contributed by atoms with Crippen molar-refractivity contribution in [3.05, 3.63) is 41.4 Å². The minimum Gasteiger partial charge on any atom is -0.497 e. The molecule has 2 aromatic carbocycles. The number of rotatable bonds is 5. The highest BCUT2D eigenvalue weighted by Gasteiger charge is 2.25. The first-order chi connectivity index (χ1) is 13.3. The Morgan fingerprint density at radius 3 is 2.71 bits per heavy atom. The molecule has 11 heteroatoms. The number of benzene rings is 2. The van der Waals surface area contributed by atoms with Crippen molar-refractivity contribution >= 4 is 55.8 Å². The monoisotopic (exact) mass is 441 g/mol. The molecule has 148 valence electrons. The third-order valence-electron chi connectivity index (χ3n) is 3.69. The zero-order valence-corrected chi connectivity index (χ0v) is 17.2. The van der Waals surface area contributed by atoms with Crippen molar-refractivity contribution in [3.63, 3.8) is 0 Å². The van der Waals surface area contributed by atoms with E-state index in [4.69, 9.17) is 21.1 Å². The summed E-state index contributed by atoms with van der Waals surface area (Å²) in [5.74, 6) is 0.630. The summed E-state index contributed by atoms with van der Waals surface area (Å²) in [5.41, 5.74) is 0.833. The molecule has 3 rings (SSSR count). The van der Waals surface area contributed by atoms with Gasteiger partial charge in [-0.1, -0.05) is 23.4 Å². The number of carbonyl (C=O) groups is 1. The van der Waals surface area contributed by atoms with E-state index in [2.05, 4.69) is 15.0 Å². The summed E-state index contributed by atoms with van der Waals surface area (Å²) >= 11 is 6.81. The smallest absolute Gasteiger partial charge is 0.286 e. The predicted molar refractivity (Wildman–Crippen MR) is 110 cm³/mol. The minimum absolute atomic E-state index is 0.00299. The fraction of sp³-hybridized carbons (Fsp3) is 0.176. The second kappa shape index (κ2) is 8.29. The minimum atomic E-state index is -3.88. The van der Waals surface area contributed by atoms with Gasteiger partial charge in [-0.2, -0.15) is 8.42 Å². The number of anilines is 2. The lowest BCUT2D eigenvalue weighted by atomic mass is 10.2. The highest BCUT2D eigenvalue weighted by atomic mass is 35.5. The zero-order chi connectivity index (χ0) is 20.3. The van der Waals surface area contributed by atoms with Crippen molar-refractivity contribution in [1.29, 1.82) is 0 Å². The van der Waals surface area contributed by atoms with Gasteiger partial charge in [0.25, 0.3) is 10.0 Å². The molecule has 0 radical (unpaired) electrons. The van der Waals surface area contributed by atoms with Crippen LogP contribution in [0.3, 0.4) is 0 Å². The van der Waals surface area contributed by atoms with E-state index in [9.17, 15) is 13.2 Å². The summed E-state index contributed by atoms with van der Waals surface area (Å²) in [4.78, 5) is 12.3. The number of nitrogens with zero attached hydrogens (tertiary/aromatic N) is 1. The van der Waals surface area contributed by atoms with Crippen LogP contribution in [0.4, 0.5) is 11.4 Å². The number of halogens is 1. The summed E-state index contributed by atoms with van der Waals surface area (Å²) in [7, 11) is -0.874. The van der Waals surface area contributed by atoms with Crippen LogP contribution in [0.1, 0.15) is 0 Å². The average molecular weight is 442 g/mol. The van der Waals surface area contributed by atoms with Crippen molar-refractivity contribution in [2.24, 2.45) is 4.40 Å². The number of hydrogen-bond donors (Lipinski definition) is 2. The highest BCUT2D eigenvalue weighted by Crippen LogP contribution is 2.32. The van der Waals surface area contributed by atoms with Crippen LogP contribution in [-0.2, 0) is 14.8 Å². The molecule has 0 spiro atoms. The third kappa shape index (κ3) is 4.51. The summed E-state index contributed by atoms with van der Waals surface area (Å²) in [6.45, 7) is 0. The topological polar surface area (TPSA) is 106 Å². The van der Waals surface area contributed by atoms with Gasteiger partial charge in [0.15, 0.2) is 5.17 Å². The van der Waals surface area contributed by atoms with Gasteiger partial charge in [0.1, 0.15) is 16.4 Å². The van der Waals surface area contributed by atoms with Gasteiger partial charge in [-0.15, -0.1) is 4.40 Å². The van der Waals surface area contributed by atoms with Crippen molar-refractivity contribution < 1.29 is 22.7 Å². The van der Waals surface area contributed by atoms with E-state index >= 15 is 0 Å². The number of amides is 1. The number of thioether (sulfide) groups is 1. The molecule has 0 saturated heterocycles. The Bertz CT molecular complexity index is 1060. The van der Waals surface area contributed by atoms with Crippen LogP contribution in [0, 0.1) is 0 Å². The predicted octanol–water partition coefficient (Wildman–Crippen LogP) is 3.20. The molecule has 2 N–H and O–H groups in total. The van der Waals surface area contributed by atoms with E-state index in [0.29, 0.717) is 27.9 Å². The van der Waals surface area contributed by atoms with Gasteiger partial charge in [0, 0.05) is 11.1 Å². The molecule has 1 aliphatic rings. The first-order valence-corrected chi connectivity index (χ1v) is 10.7. The van der Waals surface area contributed by atoms with Gasteiger partial charge in [-0.25, -0.2) is 0 Å². The number of hydrogen-bond acceptors (Lipinski definition) is 7. The number of sulfonamides is 1. The molecule has 2 aromatic rings. The molecule has 0 atom stereocenters. The van der Waals surface area contributed by atoms with E-state index in [-0.39, 0.29) is 21.7 Å². The quantitative estimate of drug-likeness (QED) is 0.733. The Kier molecular flexibility index (Phi) is 6.01. The fourth-order valence-electron chi connectivity index (χ4n) is 2.39. The van der Waals surface area contributed by atoms with Crippen LogP contribution in [0.25, 0.3) is 0 Å². The molecule has 0 aliphatic carbocycles. The van der Waals surface area contributed by atoms with E-state index in [1.807, 2.05) is 0 Å². The van der Waals surface area contributed by atoms with E-state index in [1.54, 1.807) is 30.3 Å². The first-order valence-electron chi connectivity index (χ1n) is 7.88. The number of carbonyl (C=O) groups excluding carboxylic acids is 1. The second-order valence-electron chi connectivity index (χ2n) is 5.54. The largest absolute Gasteiger partial charge is 0.497 e. The number of nitrogens with one attached hydrogen (secondary N) is 2. The number of amidine groups is 1. The lowest BCUT2D eigenvalue weighted by Gasteiger charge is -2.17. The Balaban J connectivity index is 1.67. The van der Waals surface area contributed by atoms with Crippen molar-refractivity contribution in [3.8, 4) is 11.5 Å². The SMILES string of the molecule is COc1ccc(NC(=O)CSC2=NS(=O)(=O)c3cc(Cl)ccc3N2)c(OC)c1. The van der Waals surface area contributed by atoms with Gasteiger partial charge in [0.05, 0.1) is 31.3 Å². The molecule has 1 heterocycles. The van der Waals surface area contributed by atoms with Gasteiger partial charge >= 0.3 is 0 Å². The normalized spacial score (nSPS) is 14.3. The number of ether oxygens (including phenoxy) is 2. The summed E-state index contributed by atoms with van der Waals surface area (Å²) in [6, 6.07) is 9.43. The molecule has 28 heavy (non-hydrogen) atoms. The van der Waals surface area contributed by atoms with Gasteiger partial charge in [0.2, 0.25) is 5.91 Å². The molecule has 0 bridgehead atoms. The third-order valence-corrected chi connectivity index (χ3v) is 6.23. The molecule has 0 saturated carbocycles. The van der Waals surface area contributed by atoms with Crippen molar-refractivity contribution in [1.82, 2.24) is 0 Å². The fourth-order valence-corrected chi connectivity index (χ4v) is 4.69. The molecule has 0 fully saturated rings. The number of fused-ring (bicyclic) bond motifs is 1. The van der Waals surface area contributed by atoms with Gasteiger partial charge < -0.3 is 20.1 Å². The molecular formula is C17H16ClN3O5S2. The average Bonchev–Trinajstić information content (AvgIpc) is 2.67. The van der Waals surface area contributed by atoms with Crippen LogP contribution in [0.2, 0.25) is 5.02 Å². The van der Waals surface area contributed by atoms with Gasteiger partial charge in [-0.05, 0) is 30.3 Å². The van der Waals surface area contributed by atoms with E-state index < -0.39 is 10.0 Å². The van der Waals surface area contributed by atoms with Crippen LogP contribution >= 0.6 is 23.4 Å².